The monoisotopic (exact) mass is 543 g/mol. The molecule has 0 aromatic heterocycles. The number of phenolic OH excluding ortho intramolecular Hbond substituents is 2. The number of aromatic hydroxyl groups is 2. The summed E-state index contributed by atoms with van der Waals surface area (Å²) < 4.78 is 11.0. The third-order valence-corrected chi connectivity index (χ3v) is 6.31. The molecular weight excluding hydrogens is 521 g/mol. The third kappa shape index (κ3) is 4.90. The van der Waals surface area contributed by atoms with Gasteiger partial charge in [-0.25, -0.2) is 0 Å². The van der Waals surface area contributed by atoms with Crippen molar-refractivity contribution in [3.63, 3.8) is 0 Å². The summed E-state index contributed by atoms with van der Waals surface area (Å²) >= 11 is 12.5. The van der Waals surface area contributed by atoms with Gasteiger partial charge in [0.15, 0.2) is 11.5 Å². The highest BCUT2D eigenvalue weighted by Gasteiger charge is 2.48. The number of amides is 1. The molecule has 1 fully saturated rings. The topological polar surface area (TPSA) is 117 Å². The zero-order valence-electron chi connectivity index (χ0n) is 19.9. The first-order chi connectivity index (χ1) is 17.7. The maximum atomic E-state index is 13.4. The molecule has 1 saturated heterocycles. The van der Waals surface area contributed by atoms with E-state index in [1.807, 2.05) is 0 Å². The smallest absolute Gasteiger partial charge is 0.300 e. The number of nitrogens with zero attached hydrogens (tertiary/aromatic N) is 1. The van der Waals surface area contributed by atoms with Crippen LogP contribution in [0.25, 0.3) is 5.76 Å². The Morgan fingerprint density at radius 1 is 0.919 bits per heavy atom. The van der Waals surface area contributed by atoms with E-state index < -0.39 is 23.5 Å². The average molecular weight is 544 g/mol. The van der Waals surface area contributed by atoms with Crippen LogP contribution in [-0.2, 0) is 9.59 Å². The molecular formula is C27H23Cl2NO7. The van der Waals surface area contributed by atoms with Crippen LogP contribution in [0, 0.1) is 0 Å². The normalized spacial score (nSPS) is 16.8. The quantitative estimate of drug-likeness (QED) is 0.195. The fourth-order valence-electron chi connectivity index (χ4n) is 4.15. The number of ketones is 1. The second-order valence-corrected chi connectivity index (χ2v) is 8.88. The van der Waals surface area contributed by atoms with Crippen LogP contribution in [0.2, 0.25) is 10.0 Å². The van der Waals surface area contributed by atoms with E-state index in [2.05, 4.69) is 0 Å². The molecule has 1 unspecified atom stereocenters. The van der Waals surface area contributed by atoms with Gasteiger partial charge in [-0.3, -0.25) is 14.5 Å². The summed E-state index contributed by atoms with van der Waals surface area (Å²) in [5, 5.41) is 32.5. The molecule has 1 aliphatic rings. The van der Waals surface area contributed by atoms with E-state index in [9.17, 15) is 24.9 Å². The first-order valence-electron chi connectivity index (χ1n) is 11.4. The van der Waals surface area contributed by atoms with Gasteiger partial charge in [0.05, 0.1) is 35.5 Å². The maximum Gasteiger partial charge on any atom is 0.300 e. The van der Waals surface area contributed by atoms with E-state index in [0.717, 1.165) is 4.90 Å². The minimum Gasteiger partial charge on any atom is -0.507 e. The van der Waals surface area contributed by atoms with Crippen molar-refractivity contribution in [3.8, 4) is 23.0 Å². The molecule has 3 N–H and O–H groups in total. The predicted molar refractivity (Wildman–Crippen MR) is 140 cm³/mol. The highest BCUT2D eigenvalue weighted by Crippen LogP contribution is 2.47. The van der Waals surface area contributed by atoms with Crippen LogP contribution in [0.3, 0.4) is 0 Å². The Morgan fingerprint density at radius 2 is 1.62 bits per heavy atom. The molecule has 0 radical (unpaired) electrons. The number of benzene rings is 3. The zero-order chi connectivity index (χ0) is 26.9. The Morgan fingerprint density at radius 3 is 2.32 bits per heavy atom. The number of carbonyl (C=O) groups is 2. The van der Waals surface area contributed by atoms with Crippen LogP contribution in [0.1, 0.15) is 31.0 Å². The van der Waals surface area contributed by atoms with Gasteiger partial charge in [0, 0.05) is 10.6 Å². The molecule has 4 rings (SSSR count). The van der Waals surface area contributed by atoms with Crippen molar-refractivity contribution in [2.75, 3.05) is 18.1 Å². The lowest BCUT2D eigenvalue weighted by atomic mass is 9.94. The van der Waals surface area contributed by atoms with Crippen LogP contribution < -0.4 is 14.4 Å². The van der Waals surface area contributed by atoms with Gasteiger partial charge in [-0.1, -0.05) is 29.3 Å². The number of anilines is 1. The van der Waals surface area contributed by atoms with Crippen molar-refractivity contribution < 1.29 is 34.4 Å². The summed E-state index contributed by atoms with van der Waals surface area (Å²) in [6.45, 7) is 4.12. The van der Waals surface area contributed by atoms with Gasteiger partial charge in [-0.15, -0.1) is 0 Å². The minimum absolute atomic E-state index is 0.0427. The molecule has 0 bridgehead atoms. The number of Topliss-reactive ketones (excluding diaryl/α,β-unsaturated/α-hetero) is 1. The molecule has 3 aromatic carbocycles. The number of aliphatic hydroxyl groups is 1. The number of carbonyl (C=O) groups excluding carboxylic acids is 2. The van der Waals surface area contributed by atoms with Crippen LogP contribution >= 0.6 is 23.2 Å². The van der Waals surface area contributed by atoms with Crippen molar-refractivity contribution in [1.82, 2.24) is 0 Å². The first kappa shape index (κ1) is 26.2. The van der Waals surface area contributed by atoms with Crippen LogP contribution in [-0.4, -0.2) is 40.2 Å². The Hall–Kier alpha value is -3.88. The molecule has 192 valence electrons. The number of aliphatic hydroxyl groups excluding tert-OH is 1. The number of phenols is 2. The van der Waals surface area contributed by atoms with E-state index in [1.165, 1.54) is 48.5 Å². The second-order valence-electron chi connectivity index (χ2n) is 8.04. The molecule has 1 aliphatic heterocycles. The zero-order valence-corrected chi connectivity index (χ0v) is 21.4. The highest BCUT2D eigenvalue weighted by atomic mass is 35.5. The summed E-state index contributed by atoms with van der Waals surface area (Å²) in [6.07, 6.45) is 0. The molecule has 0 spiro atoms. The van der Waals surface area contributed by atoms with E-state index in [1.54, 1.807) is 19.9 Å². The number of ether oxygens (including phenoxy) is 2. The maximum absolute atomic E-state index is 13.4. The van der Waals surface area contributed by atoms with Gasteiger partial charge >= 0.3 is 0 Å². The Labute approximate surface area is 222 Å². The van der Waals surface area contributed by atoms with E-state index in [4.69, 9.17) is 32.7 Å². The van der Waals surface area contributed by atoms with Crippen LogP contribution in [0.4, 0.5) is 5.69 Å². The van der Waals surface area contributed by atoms with Gasteiger partial charge in [-0.2, -0.15) is 0 Å². The fourth-order valence-corrected chi connectivity index (χ4v) is 4.52. The molecule has 37 heavy (non-hydrogen) atoms. The van der Waals surface area contributed by atoms with Crippen molar-refractivity contribution >= 4 is 46.3 Å². The lowest BCUT2D eigenvalue weighted by Gasteiger charge is -2.26. The second kappa shape index (κ2) is 10.6. The Bertz CT molecular complexity index is 1420. The molecule has 0 saturated carbocycles. The summed E-state index contributed by atoms with van der Waals surface area (Å²) in [7, 11) is 0. The van der Waals surface area contributed by atoms with Gasteiger partial charge in [-0.05, 0) is 67.9 Å². The molecule has 8 nitrogen and oxygen atoms in total. The van der Waals surface area contributed by atoms with Gasteiger partial charge in [0.25, 0.3) is 11.7 Å². The molecule has 1 amide bonds. The number of hydrogen-bond donors (Lipinski definition) is 3. The fraction of sp³-hybridized carbons (Fsp3) is 0.185. The van der Waals surface area contributed by atoms with Gasteiger partial charge < -0.3 is 24.8 Å². The first-order valence-corrected chi connectivity index (χ1v) is 12.1. The third-order valence-electron chi connectivity index (χ3n) is 5.74. The minimum atomic E-state index is -1.23. The number of halogens is 2. The number of rotatable bonds is 7. The van der Waals surface area contributed by atoms with Crippen molar-refractivity contribution in [2.45, 2.75) is 19.9 Å². The largest absolute Gasteiger partial charge is 0.507 e. The summed E-state index contributed by atoms with van der Waals surface area (Å²) in [5.74, 6) is -2.51. The van der Waals surface area contributed by atoms with Crippen molar-refractivity contribution in [2.24, 2.45) is 0 Å². The van der Waals surface area contributed by atoms with E-state index >= 15 is 0 Å². The lowest BCUT2D eigenvalue weighted by molar-refractivity contribution is -0.132. The summed E-state index contributed by atoms with van der Waals surface area (Å²) in [5.41, 5.74) is 0.0696. The Kier molecular flexibility index (Phi) is 7.52. The van der Waals surface area contributed by atoms with E-state index in [-0.39, 0.29) is 50.7 Å². The standard InChI is InChI=1S/C27H23Cl2NO7/c1-3-36-16-7-8-18(29)17(13-16)25(33)23-24(14-5-9-21(32)22(11-14)37-4-2)30(27(35)26(23)34)19-12-15(28)6-10-20(19)31/h5-13,24,31-33H,3-4H2,1-2H3/b25-23+. The molecule has 1 atom stereocenters. The SMILES string of the molecule is CCOc1ccc(Cl)c(/C(O)=C2\C(=O)C(=O)N(c3cc(Cl)ccc3O)C2c2ccc(O)c(OCC)c2)c1. The molecule has 3 aromatic rings. The average Bonchev–Trinajstić information content (AvgIpc) is 3.13. The Balaban J connectivity index is 2.01. The molecule has 10 heteroatoms. The van der Waals surface area contributed by atoms with Gasteiger partial charge in [0.1, 0.15) is 17.3 Å². The predicted octanol–water partition coefficient (Wildman–Crippen LogP) is 5.83. The molecule has 1 heterocycles. The summed E-state index contributed by atoms with van der Waals surface area (Å²) in [4.78, 5) is 27.8. The summed E-state index contributed by atoms with van der Waals surface area (Å²) in [6, 6.07) is 11.7. The number of hydrogen-bond acceptors (Lipinski definition) is 7. The highest BCUT2D eigenvalue weighted by molar-refractivity contribution is 6.52. The van der Waals surface area contributed by atoms with Gasteiger partial charge in [0.2, 0.25) is 0 Å². The van der Waals surface area contributed by atoms with Crippen LogP contribution in [0.5, 0.6) is 23.0 Å². The molecule has 0 aliphatic carbocycles. The van der Waals surface area contributed by atoms with Crippen LogP contribution in [0.15, 0.2) is 60.2 Å². The lowest BCUT2D eigenvalue weighted by Crippen LogP contribution is -2.29. The van der Waals surface area contributed by atoms with Crippen molar-refractivity contribution in [1.29, 1.82) is 0 Å². The van der Waals surface area contributed by atoms with Crippen molar-refractivity contribution in [3.05, 3.63) is 81.3 Å². The van der Waals surface area contributed by atoms with E-state index in [0.29, 0.717) is 17.9 Å².